The number of hydrogen-bond acceptors (Lipinski definition) is 3. The molecule has 4 heteroatoms. The first kappa shape index (κ1) is 15.8. The molecule has 0 amide bonds. The van der Waals surface area contributed by atoms with E-state index >= 15 is 0 Å². The molecule has 2 heterocycles. The smallest absolute Gasteiger partial charge is 0.244 e. The van der Waals surface area contributed by atoms with Crippen molar-refractivity contribution in [2.24, 2.45) is 0 Å². The van der Waals surface area contributed by atoms with Gasteiger partial charge in [-0.2, -0.15) is 0 Å². The molecule has 0 unspecified atom stereocenters. The maximum Gasteiger partial charge on any atom is 0.244 e. The van der Waals surface area contributed by atoms with Gasteiger partial charge in [-0.25, -0.2) is 4.98 Å². The van der Waals surface area contributed by atoms with Crippen molar-refractivity contribution in [3.8, 4) is 11.5 Å². The molecule has 27 heavy (non-hydrogen) atoms. The molecule has 4 aromatic rings. The fourth-order valence-electron chi connectivity index (χ4n) is 3.75. The first-order valence-corrected chi connectivity index (χ1v) is 8.98. The second kappa shape index (κ2) is 5.81. The SMILES string of the molecule is Cc1cc2ncn(C(=O)C3c4ccccc4Oc4ccccc43)c2cc1C. The molecule has 1 aliphatic heterocycles. The Balaban J connectivity index is 1.71. The summed E-state index contributed by atoms with van der Waals surface area (Å²) in [6.07, 6.45) is 1.63. The highest BCUT2D eigenvalue weighted by Crippen LogP contribution is 2.44. The Morgan fingerprint density at radius 3 is 2.19 bits per heavy atom. The van der Waals surface area contributed by atoms with E-state index in [0.717, 1.165) is 39.2 Å². The van der Waals surface area contributed by atoms with E-state index in [1.54, 1.807) is 10.9 Å². The molecule has 0 N–H and O–H groups in total. The molecule has 0 saturated carbocycles. The van der Waals surface area contributed by atoms with Gasteiger partial charge in [0.2, 0.25) is 5.91 Å². The molecule has 0 aliphatic carbocycles. The predicted octanol–water partition coefficient (Wildman–Crippen LogP) is 5.23. The second-order valence-electron chi connectivity index (χ2n) is 6.99. The molecule has 4 nitrogen and oxygen atoms in total. The minimum atomic E-state index is -0.426. The van der Waals surface area contributed by atoms with Gasteiger partial charge in [0.1, 0.15) is 17.8 Å². The van der Waals surface area contributed by atoms with Crippen LogP contribution in [0.2, 0.25) is 0 Å². The number of carbonyl (C=O) groups excluding carboxylic acids is 1. The highest BCUT2D eigenvalue weighted by Gasteiger charge is 2.33. The number of nitrogens with zero attached hydrogens (tertiary/aromatic N) is 2. The number of aryl methyl sites for hydroxylation is 2. The maximum absolute atomic E-state index is 13.7. The number of fused-ring (bicyclic) bond motifs is 3. The summed E-state index contributed by atoms with van der Waals surface area (Å²) < 4.78 is 7.69. The van der Waals surface area contributed by atoms with Gasteiger partial charge in [-0.05, 0) is 49.2 Å². The summed E-state index contributed by atoms with van der Waals surface area (Å²) in [7, 11) is 0. The van der Waals surface area contributed by atoms with Crippen molar-refractivity contribution in [1.82, 2.24) is 9.55 Å². The van der Waals surface area contributed by atoms with E-state index in [1.165, 1.54) is 5.56 Å². The number of benzene rings is 3. The monoisotopic (exact) mass is 354 g/mol. The normalized spacial score (nSPS) is 13.1. The Morgan fingerprint density at radius 2 is 1.52 bits per heavy atom. The molecule has 0 atom stereocenters. The quantitative estimate of drug-likeness (QED) is 0.470. The highest BCUT2D eigenvalue weighted by atomic mass is 16.5. The molecule has 1 aromatic heterocycles. The van der Waals surface area contributed by atoms with Crippen LogP contribution in [0.1, 0.15) is 33.0 Å². The Morgan fingerprint density at radius 1 is 0.926 bits per heavy atom. The number of ether oxygens (including phenoxy) is 1. The Kier molecular flexibility index (Phi) is 3.41. The summed E-state index contributed by atoms with van der Waals surface area (Å²) in [6, 6.07) is 19.5. The summed E-state index contributed by atoms with van der Waals surface area (Å²) in [5.74, 6) is 1.01. The Bertz CT molecular complexity index is 1160. The van der Waals surface area contributed by atoms with Crippen LogP contribution in [0.5, 0.6) is 11.5 Å². The maximum atomic E-state index is 13.7. The van der Waals surface area contributed by atoms with Gasteiger partial charge in [0, 0.05) is 11.1 Å². The lowest BCUT2D eigenvalue weighted by Gasteiger charge is -2.27. The van der Waals surface area contributed by atoms with Gasteiger partial charge < -0.3 is 4.74 Å². The van der Waals surface area contributed by atoms with E-state index in [-0.39, 0.29) is 5.91 Å². The van der Waals surface area contributed by atoms with Crippen LogP contribution >= 0.6 is 0 Å². The zero-order chi connectivity index (χ0) is 18.5. The van der Waals surface area contributed by atoms with Gasteiger partial charge in [0.15, 0.2) is 0 Å². The number of rotatable bonds is 1. The lowest BCUT2D eigenvalue weighted by atomic mass is 9.87. The van der Waals surface area contributed by atoms with Crippen molar-refractivity contribution in [3.05, 3.63) is 89.2 Å². The summed E-state index contributed by atoms with van der Waals surface area (Å²) in [4.78, 5) is 18.1. The van der Waals surface area contributed by atoms with E-state index in [9.17, 15) is 4.79 Å². The third-order valence-electron chi connectivity index (χ3n) is 5.33. The largest absolute Gasteiger partial charge is 0.457 e. The minimum absolute atomic E-state index is 0.0241. The highest BCUT2D eigenvalue weighted by molar-refractivity contribution is 5.97. The van der Waals surface area contributed by atoms with Crippen LogP contribution < -0.4 is 4.74 Å². The molecular formula is C23H18N2O2. The molecule has 0 radical (unpaired) electrons. The van der Waals surface area contributed by atoms with Crippen LogP contribution in [0.25, 0.3) is 11.0 Å². The molecular weight excluding hydrogens is 336 g/mol. The molecule has 3 aromatic carbocycles. The number of hydrogen-bond donors (Lipinski definition) is 0. The standard InChI is InChI=1S/C23H18N2O2/c1-14-11-18-19(12-15(14)2)25(13-24-18)23(26)22-16-7-3-5-9-20(16)27-21-10-6-4-8-17(21)22/h3-13,22H,1-2H3. The van der Waals surface area contributed by atoms with Gasteiger partial charge >= 0.3 is 0 Å². The van der Waals surface area contributed by atoms with Gasteiger partial charge in [-0.1, -0.05) is 36.4 Å². The molecule has 5 rings (SSSR count). The first-order valence-electron chi connectivity index (χ1n) is 8.98. The first-order chi connectivity index (χ1) is 13.1. The molecule has 0 bridgehead atoms. The van der Waals surface area contributed by atoms with Crippen LogP contribution in [0.15, 0.2) is 67.0 Å². The third kappa shape index (κ3) is 2.37. The zero-order valence-corrected chi connectivity index (χ0v) is 15.1. The number of imidazole rings is 1. The Hall–Kier alpha value is -3.40. The van der Waals surface area contributed by atoms with Crippen molar-refractivity contribution < 1.29 is 9.53 Å². The number of aromatic nitrogens is 2. The summed E-state index contributed by atoms with van der Waals surface area (Å²) in [5.41, 5.74) is 5.75. The topological polar surface area (TPSA) is 44.1 Å². The average Bonchev–Trinajstić information content (AvgIpc) is 3.08. The zero-order valence-electron chi connectivity index (χ0n) is 15.1. The third-order valence-corrected chi connectivity index (χ3v) is 5.33. The molecule has 0 fully saturated rings. The van der Waals surface area contributed by atoms with Crippen molar-refractivity contribution >= 4 is 16.9 Å². The number of carbonyl (C=O) groups is 1. The molecule has 132 valence electrons. The van der Waals surface area contributed by atoms with Gasteiger partial charge in [-0.15, -0.1) is 0 Å². The number of para-hydroxylation sites is 2. The van der Waals surface area contributed by atoms with E-state index in [1.807, 2.05) is 60.7 Å². The fourth-order valence-corrected chi connectivity index (χ4v) is 3.75. The van der Waals surface area contributed by atoms with E-state index in [4.69, 9.17) is 4.74 Å². The lowest BCUT2D eigenvalue weighted by molar-refractivity contribution is 0.0893. The van der Waals surface area contributed by atoms with Crippen LogP contribution in [-0.2, 0) is 0 Å². The molecule has 0 spiro atoms. The predicted molar refractivity (Wildman–Crippen MR) is 105 cm³/mol. The summed E-state index contributed by atoms with van der Waals surface area (Å²) in [6.45, 7) is 4.11. The van der Waals surface area contributed by atoms with Crippen molar-refractivity contribution in [1.29, 1.82) is 0 Å². The van der Waals surface area contributed by atoms with Gasteiger partial charge in [0.05, 0.1) is 17.0 Å². The van der Waals surface area contributed by atoms with Crippen molar-refractivity contribution in [3.63, 3.8) is 0 Å². The minimum Gasteiger partial charge on any atom is -0.457 e. The van der Waals surface area contributed by atoms with Crippen LogP contribution in [0.3, 0.4) is 0 Å². The fraction of sp³-hybridized carbons (Fsp3) is 0.130. The summed E-state index contributed by atoms with van der Waals surface area (Å²) in [5, 5.41) is 0. The van der Waals surface area contributed by atoms with E-state index < -0.39 is 5.92 Å². The van der Waals surface area contributed by atoms with E-state index in [0.29, 0.717) is 0 Å². The van der Waals surface area contributed by atoms with Crippen molar-refractivity contribution in [2.75, 3.05) is 0 Å². The lowest BCUT2D eigenvalue weighted by Crippen LogP contribution is -2.23. The van der Waals surface area contributed by atoms with Crippen LogP contribution in [0.4, 0.5) is 0 Å². The average molecular weight is 354 g/mol. The second-order valence-corrected chi connectivity index (χ2v) is 6.99. The van der Waals surface area contributed by atoms with E-state index in [2.05, 4.69) is 18.8 Å². The van der Waals surface area contributed by atoms with Gasteiger partial charge in [-0.3, -0.25) is 9.36 Å². The molecule has 0 saturated heterocycles. The van der Waals surface area contributed by atoms with Crippen molar-refractivity contribution in [2.45, 2.75) is 19.8 Å². The van der Waals surface area contributed by atoms with Crippen LogP contribution in [0, 0.1) is 13.8 Å². The molecule has 1 aliphatic rings. The van der Waals surface area contributed by atoms with Crippen LogP contribution in [-0.4, -0.2) is 15.5 Å². The Labute approximate surface area is 157 Å². The van der Waals surface area contributed by atoms with Gasteiger partial charge in [0.25, 0.3) is 0 Å². The summed E-state index contributed by atoms with van der Waals surface area (Å²) >= 11 is 0.